The fourth-order valence-electron chi connectivity index (χ4n) is 3.05. The Morgan fingerprint density at radius 2 is 1.90 bits per heavy atom. The summed E-state index contributed by atoms with van der Waals surface area (Å²) < 4.78 is 5.82. The number of thiocarbonyl (C=S) groups is 1. The van der Waals surface area contributed by atoms with Crippen LogP contribution in [-0.4, -0.2) is 20.9 Å². The van der Waals surface area contributed by atoms with Gasteiger partial charge >= 0.3 is 0 Å². The van der Waals surface area contributed by atoms with Crippen molar-refractivity contribution >= 4 is 45.7 Å². The number of amides is 1. The van der Waals surface area contributed by atoms with Crippen LogP contribution in [0.1, 0.15) is 15.9 Å². The molecule has 1 amide bonds. The van der Waals surface area contributed by atoms with Crippen molar-refractivity contribution in [2.75, 3.05) is 5.32 Å². The summed E-state index contributed by atoms with van der Waals surface area (Å²) in [7, 11) is 0. The van der Waals surface area contributed by atoms with Crippen LogP contribution in [0.3, 0.4) is 0 Å². The monoisotopic (exact) mass is 432 g/mol. The molecule has 9 heteroatoms. The molecule has 8 nitrogen and oxygen atoms in total. The van der Waals surface area contributed by atoms with Gasteiger partial charge in [0.05, 0.1) is 4.92 Å². The van der Waals surface area contributed by atoms with Crippen LogP contribution in [0.5, 0.6) is 0 Å². The van der Waals surface area contributed by atoms with Crippen molar-refractivity contribution in [2.45, 2.75) is 6.92 Å². The van der Waals surface area contributed by atoms with E-state index in [2.05, 4.69) is 15.6 Å². The van der Waals surface area contributed by atoms with E-state index in [0.717, 1.165) is 16.6 Å². The number of rotatable bonds is 4. The summed E-state index contributed by atoms with van der Waals surface area (Å²) >= 11 is 5.20. The number of oxazole rings is 1. The fraction of sp³-hybridized carbons (Fsp3) is 0.0455. The Morgan fingerprint density at radius 3 is 2.71 bits per heavy atom. The lowest BCUT2D eigenvalue weighted by molar-refractivity contribution is -0.385. The first-order chi connectivity index (χ1) is 14.9. The van der Waals surface area contributed by atoms with Crippen LogP contribution in [0.2, 0.25) is 0 Å². The second-order valence-electron chi connectivity index (χ2n) is 6.75. The van der Waals surface area contributed by atoms with Gasteiger partial charge in [-0.3, -0.25) is 20.2 Å². The van der Waals surface area contributed by atoms with Gasteiger partial charge in [0, 0.05) is 17.3 Å². The lowest BCUT2D eigenvalue weighted by atomic mass is 10.1. The van der Waals surface area contributed by atoms with Crippen molar-refractivity contribution in [3.8, 4) is 11.5 Å². The lowest BCUT2D eigenvalue weighted by Gasteiger charge is -2.10. The number of aryl methyl sites for hydroxylation is 1. The van der Waals surface area contributed by atoms with Crippen LogP contribution < -0.4 is 10.6 Å². The Balaban J connectivity index is 1.50. The molecule has 0 aliphatic carbocycles. The first-order valence-corrected chi connectivity index (χ1v) is 9.65. The van der Waals surface area contributed by atoms with Crippen LogP contribution in [0.4, 0.5) is 11.4 Å². The van der Waals surface area contributed by atoms with Crippen molar-refractivity contribution in [2.24, 2.45) is 0 Å². The molecule has 0 fully saturated rings. The number of nitro benzene ring substituents is 1. The zero-order valence-corrected chi connectivity index (χ0v) is 17.1. The third-order valence-corrected chi connectivity index (χ3v) is 4.69. The van der Waals surface area contributed by atoms with E-state index >= 15 is 0 Å². The van der Waals surface area contributed by atoms with Gasteiger partial charge in [0.25, 0.3) is 11.6 Å². The van der Waals surface area contributed by atoms with Gasteiger partial charge < -0.3 is 9.73 Å². The summed E-state index contributed by atoms with van der Waals surface area (Å²) in [5, 5.41) is 16.5. The van der Waals surface area contributed by atoms with Crippen molar-refractivity contribution in [1.29, 1.82) is 0 Å². The summed E-state index contributed by atoms with van der Waals surface area (Å²) in [6.45, 7) is 1.98. The quantitative estimate of drug-likeness (QED) is 0.270. The minimum Gasteiger partial charge on any atom is -0.436 e. The summed E-state index contributed by atoms with van der Waals surface area (Å²) in [5.41, 5.74) is 3.49. The average Bonchev–Trinajstić information content (AvgIpc) is 3.17. The van der Waals surface area contributed by atoms with Gasteiger partial charge in [-0.15, -0.1) is 0 Å². The maximum absolute atomic E-state index is 12.4. The maximum Gasteiger partial charge on any atom is 0.282 e. The Kier molecular flexibility index (Phi) is 5.42. The number of benzene rings is 3. The number of carbonyl (C=O) groups is 1. The molecular weight excluding hydrogens is 416 g/mol. The molecule has 0 bridgehead atoms. The zero-order valence-electron chi connectivity index (χ0n) is 16.3. The van der Waals surface area contributed by atoms with Gasteiger partial charge in [-0.05, 0) is 61.1 Å². The standard InChI is InChI=1S/C22H16N4O4S/c1-13-9-10-19-17(11-13)24-21(30-19)14-5-4-6-15(12-14)23-22(31)25-20(27)16-7-2-3-8-18(16)26(28)29/h2-12H,1H3,(H2,23,25,27,31). The molecule has 2 N–H and O–H groups in total. The number of para-hydroxylation sites is 1. The number of hydrogen-bond donors (Lipinski definition) is 2. The molecule has 1 heterocycles. The molecule has 154 valence electrons. The number of nitrogens with zero attached hydrogens (tertiary/aromatic N) is 2. The third kappa shape index (κ3) is 4.41. The van der Waals surface area contributed by atoms with Crippen LogP contribution >= 0.6 is 12.2 Å². The van der Waals surface area contributed by atoms with E-state index in [1.165, 1.54) is 18.2 Å². The molecule has 0 spiro atoms. The van der Waals surface area contributed by atoms with Crippen LogP contribution in [0.25, 0.3) is 22.6 Å². The van der Waals surface area contributed by atoms with Crippen molar-refractivity contribution in [1.82, 2.24) is 10.3 Å². The van der Waals surface area contributed by atoms with Gasteiger partial charge in [-0.1, -0.05) is 24.3 Å². The number of aromatic nitrogens is 1. The normalized spacial score (nSPS) is 10.6. The van der Waals surface area contributed by atoms with Gasteiger partial charge in [-0.25, -0.2) is 4.98 Å². The second-order valence-corrected chi connectivity index (χ2v) is 7.16. The molecule has 4 aromatic rings. The summed E-state index contributed by atoms with van der Waals surface area (Å²) in [6.07, 6.45) is 0. The highest BCUT2D eigenvalue weighted by Gasteiger charge is 2.20. The molecule has 0 atom stereocenters. The van der Waals surface area contributed by atoms with E-state index in [4.69, 9.17) is 16.6 Å². The van der Waals surface area contributed by atoms with E-state index in [-0.39, 0.29) is 16.4 Å². The number of nitrogens with one attached hydrogen (secondary N) is 2. The van der Waals surface area contributed by atoms with Crippen LogP contribution in [0.15, 0.2) is 71.1 Å². The lowest BCUT2D eigenvalue weighted by Crippen LogP contribution is -2.34. The summed E-state index contributed by atoms with van der Waals surface area (Å²) in [5.74, 6) is -0.214. The number of hydrogen-bond acceptors (Lipinski definition) is 6. The van der Waals surface area contributed by atoms with Gasteiger partial charge in [0.2, 0.25) is 5.89 Å². The second kappa shape index (κ2) is 8.33. The molecule has 0 aliphatic heterocycles. The number of fused-ring (bicyclic) bond motifs is 1. The van der Waals surface area contributed by atoms with Crippen molar-refractivity contribution in [3.05, 3.63) is 88.0 Å². The highest BCUT2D eigenvalue weighted by Crippen LogP contribution is 2.26. The molecule has 0 saturated carbocycles. The Hall–Kier alpha value is -4.11. The molecular formula is C22H16N4O4S. The van der Waals surface area contributed by atoms with E-state index < -0.39 is 10.8 Å². The molecule has 4 rings (SSSR count). The van der Waals surface area contributed by atoms with E-state index in [1.54, 1.807) is 24.3 Å². The van der Waals surface area contributed by atoms with Gasteiger partial charge in [0.15, 0.2) is 10.7 Å². The molecule has 0 saturated heterocycles. The predicted octanol–water partition coefficient (Wildman–Crippen LogP) is 4.84. The Morgan fingerprint density at radius 1 is 1.10 bits per heavy atom. The first kappa shape index (κ1) is 20.2. The van der Waals surface area contributed by atoms with E-state index in [0.29, 0.717) is 17.2 Å². The van der Waals surface area contributed by atoms with Crippen molar-refractivity contribution < 1.29 is 14.1 Å². The molecule has 1 aromatic heterocycles. The maximum atomic E-state index is 12.4. The topological polar surface area (TPSA) is 110 Å². The smallest absolute Gasteiger partial charge is 0.282 e. The van der Waals surface area contributed by atoms with Crippen molar-refractivity contribution in [3.63, 3.8) is 0 Å². The predicted molar refractivity (Wildman–Crippen MR) is 121 cm³/mol. The molecule has 3 aromatic carbocycles. The van der Waals surface area contributed by atoms with Crippen LogP contribution in [-0.2, 0) is 0 Å². The highest BCUT2D eigenvalue weighted by molar-refractivity contribution is 7.80. The molecule has 31 heavy (non-hydrogen) atoms. The fourth-order valence-corrected chi connectivity index (χ4v) is 3.26. The Bertz CT molecular complexity index is 1330. The highest BCUT2D eigenvalue weighted by atomic mass is 32.1. The largest absolute Gasteiger partial charge is 0.436 e. The minimum absolute atomic E-state index is 0.00786. The summed E-state index contributed by atoms with van der Waals surface area (Å²) in [4.78, 5) is 27.4. The number of nitro groups is 1. The molecule has 0 unspecified atom stereocenters. The molecule has 0 radical (unpaired) electrons. The number of carbonyl (C=O) groups excluding carboxylic acids is 1. The number of anilines is 1. The average molecular weight is 432 g/mol. The summed E-state index contributed by atoms with van der Waals surface area (Å²) in [6, 6.07) is 18.6. The Labute approximate surface area is 182 Å². The SMILES string of the molecule is Cc1ccc2oc(-c3cccc(NC(=S)NC(=O)c4ccccc4[N+](=O)[O-])c3)nc2c1. The van der Waals surface area contributed by atoms with Gasteiger partial charge in [0.1, 0.15) is 11.1 Å². The van der Waals surface area contributed by atoms with E-state index in [1.807, 2.05) is 31.2 Å². The van der Waals surface area contributed by atoms with Gasteiger partial charge in [-0.2, -0.15) is 0 Å². The third-order valence-electron chi connectivity index (χ3n) is 4.48. The zero-order chi connectivity index (χ0) is 22.0. The molecule has 0 aliphatic rings. The minimum atomic E-state index is -0.671. The van der Waals surface area contributed by atoms with E-state index in [9.17, 15) is 14.9 Å². The first-order valence-electron chi connectivity index (χ1n) is 9.24. The van der Waals surface area contributed by atoms with Crippen LogP contribution in [0, 0.1) is 17.0 Å².